The van der Waals surface area contributed by atoms with Crippen molar-refractivity contribution in [1.82, 2.24) is 20.3 Å². The van der Waals surface area contributed by atoms with Crippen LogP contribution < -0.4 is 5.32 Å². The highest BCUT2D eigenvalue weighted by molar-refractivity contribution is 5.96. The second-order valence-corrected chi connectivity index (χ2v) is 9.64. The third kappa shape index (κ3) is 4.24. The number of ether oxygens (including phenoxy) is 2. The molecule has 0 radical (unpaired) electrons. The molecule has 2 fully saturated rings. The number of halogens is 3. The number of hydrogen-bond donors (Lipinski definition) is 4. The highest BCUT2D eigenvalue weighted by atomic mass is 19.2. The molecule has 1 amide bonds. The zero-order valence-electron chi connectivity index (χ0n) is 20.6. The van der Waals surface area contributed by atoms with Crippen molar-refractivity contribution in [3.05, 3.63) is 71.9 Å². The molecule has 11 nitrogen and oxygen atoms in total. The summed E-state index contributed by atoms with van der Waals surface area (Å²) in [6, 6.07) is 7.77. The van der Waals surface area contributed by atoms with E-state index in [1.807, 2.05) is 0 Å². The van der Waals surface area contributed by atoms with Crippen LogP contribution >= 0.6 is 0 Å². The maximum Gasteiger partial charge on any atom is 0.287 e. The normalized spacial score (nSPS) is 28.4. The molecule has 2 saturated heterocycles. The van der Waals surface area contributed by atoms with Crippen molar-refractivity contribution in [3.63, 3.8) is 0 Å². The molecule has 1 spiro atoms. The summed E-state index contributed by atoms with van der Waals surface area (Å²) in [6.07, 6.45) is -3.11. The number of hydrogen-bond acceptors (Lipinski definition) is 9. The van der Waals surface area contributed by atoms with Crippen LogP contribution in [0.2, 0.25) is 0 Å². The highest BCUT2D eigenvalue weighted by Gasteiger charge is 2.62. The van der Waals surface area contributed by atoms with Crippen molar-refractivity contribution < 1.29 is 47.2 Å². The first-order valence-electron chi connectivity index (χ1n) is 12.4. The second kappa shape index (κ2) is 9.98. The van der Waals surface area contributed by atoms with E-state index in [4.69, 9.17) is 13.9 Å². The van der Waals surface area contributed by atoms with Gasteiger partial charge in [0, 0.05) is 10.9 Å². The Kier molecular flexibility index (Phi) is 6.59. The second-order valence-electron chi connectivity index (χ2n) is 9.64. The quantitative estimate of drug-likeness (QED) is 0.267. The van der Waals surface area contributed by atoms with Crippen molar-refractivity contribution in [1.29, 1.82) is 0 Å². The van der Waals surface area contributed by atoms with Gasteiger partial charge in [0.05, 0.1) is 25.5 Å². The lowest BCUT2D eigenvalue weighted by Crippen LogP contribution is -2.68. The van der Waals surface area contributed by atoms with E-state index in [0.29, 0.717) is 11.0 Å². The van der Waals surface area contributed by atoms with Crippen LogP contribution in [0.25, 0.3) is 22.2 Å². The van der Waals surface area contributed by atoms with Crippen LogP contribution in [0.3, 0.4) is 0 Å². The number of nitrogens with one attached hydrogen (secondary N) is 1. The summed E-state index contributed by atoms with van der Waals surface area (Å²) in [4.78, 5) is 13.1. The minimum Gasteiger partial charge on any atom is -0.451 e. The molecule has 6 rings (SSSR count). The minimum absolute atomic E-state index is 0.0172. The molecule has 40 heavy (non-hydrogen) atoms. The number of carbonyl (C=O) groups excluding carboxylic acids is 1. The number of fused-ring (bicyclic) bond motifs is 1. The van der Waals surface area contributed by atoms with Gasteiger partial charge >= 0.3 is 0 Å². The van der Waals surface area contributed by atoms with E-state index in [1.165, 1.54) is 6.20 Å². The molecule has 2 aromatic carbocycles. The Labute approximate surface area is 223 Å². The number of para-hydroxylation sites is 1. The zero-order chi connectivity index (χ0) is 28.2. The Morgan fingerprint density at radius 2 is 1.90 bits per heavy atom. The fourth-order valence-corrected chi connectivity index (χ4v) is 5.27. The average Bonchev–Trinajstić information content (AvgIpc) is 3.68. The Bertz CT molecular complexity index is 1520. The topological polar surface area (TPSA) is 152 Å². The van der Waals surface area contributed by atoms with Crippen LogP contribution in [0.15, 0.2) is 53.1 Å². The Morgan fingerprint density at radius 1 is 1.15 bits per heavy atom. The molecule has 2 aliphatic rings. The number of carbonyl (C=O) groups is 1. The summed E-state index contributed by atoms with van der Waals surface area (Å²) >= 11 is 0. The largest absolute Gasteiger partial charge is 0.451 e. The molecule has 4 heterocycles. The van der Waals surface area contributed by atoms with Crippen LogP contribution in [-0.4, -0.2) is 79.6 Å². The fourth-order valence-electron chi connectivity index (χ4n) is 5.27. The van der Waals surface area contributed by atoms with Gasteiger partial charge in [0.25, 0.3) is 5.91 Å². The Hall–Kier alpha value is -3.82. The number of aromatic nitrogens is 3. The van der Waals surface area contributed by atoms with Gasteiger partial charge in [0.2, 0.25) is 5.79 Å². The zero-order valence-corrected chi connectivity index (χ0v) is 20.6. The number of nitrogens with zero attached hydrogens (tertiary/aromatic N) is 3. The summed E-state index contributed by atoms with van der Waals surface area (Å²) in [7, 11) is 0. The lowest BCUT2D eigenvalue weighted by molar-refractivity contribution is -0.344. The van der Waals surface area contributed by atoms with Crippen molar-refractivity contribution >= 4 is 16.9 Å². The van der Waals surface area contributed by atoms with Crippen molar-refractivity contribution in [2.75, 3.05) is 13.2 Å². The van der Waals surface area contributed by atoms with Gasteiger partial charge in [-0.3, -0.25) is 4.79 Å². The SMILES string of the molecule is O=C(N[C@@H]1CCO[C@]12O[C@H](CO)[C@H](O)[C@H](n1cc(-c3cc(F)c(F)c(F)c3)nn1)[C@H]2O)c1cc2ccccc2o1. The Balaban J connectivity index is 1.31. The molecule has 4 N–H and O–H groups in total. The summed E-state index contributed by atoms with van der Waals surface area (Å²) in [5.41, 5.74) is 0.283. The summed E-state index contributed by atoms with van der Waals surface area (Å²) in [5, 5.41) is 43.6. The van der Waals surface area contributed by atoms with Gasteiger partial charge in [0.1, 0.15) is 35.6 Å². The first kappa shape index (κ1) is 26.4. The van der Waals surface area contributed by atoms with Gasteiger partial charge in [-0.2, -0.15) is 0 Å². The maximum absolute atomic E-state index is 13.8. The molecule has 6 atom stereocenters. The molecule has 2 aromatic heterocycles. The first-order valence-corrected chi connectivity index (χ1v) is 12.4. The predicted octanol–water partition coefficient (Wildman–Crippen LogP) is 1.68. The van der Waals surface area contributed by atoms with Gasteiger partial charge in [0.15, 0.2) is 23.2 Å². The van der Waals surface area contributed by atoms with Gasteiger partial charge in [-0.25, -0.2) is 17.9 Å². The predicted molar refractivity (Wildman–Crippen MR) is 129 cm³/mol. The molecule has 14 heteroatoms. The lowest BCUT2D eigenvalue weighted by atomic mass is 9.86. The molecule has 4 aromatic rings. The monoisotopic (exact) mass is 560 g/mol. The van der Waals surface area contributed by atoms with Crippen LogP contribution in [0.1, 0.15) is 23.0 Å². The minimum atomic E-state index is -1.92. The van der Waals surface area contributed by atoms with Crippen LogP contribution in [0.4, 0.5) is 13.2 Å². The smallest absolute Gasteiger partial charge is 0.287 e. The van der Waals surface area contributed by atoms with E-state index in [1.54, 1.807) is 30.3 Å². The van der Waals surface area contributed by atoms with Gasteiger partial charge in [-0.05, 0) is 30.7 Å². The van der Waals surface area contributed by atoms with Crippen molar-refractivity contribution in [2.24, 2.45) is 0 Å². The summed E-state index contributed by atoms with van der Waals surface area (Å²) in [5.74, 6) is -7.01. The standard InChI is InChI=1S/C26H23F3N4O7/c27-14-7-13(8-15(28)21(14)29)16-10-33(32-31-16)22-23(35)19(11-34)40-26(24(22)36)20(5-6-38-26)30-25(37)18-9-12-3-1-2-4-17(12)39-18/h1-4,7-10,19-20,22-24,34-36H,5-6,11H2,(H,30,37)/t19-,20-,22+,23+,24-,26+/m1/s1. The fraction of sp³-hybridized carbons (Fsp3) is 0.346. The van der Waals surface area contributed by atoms with Gasteiger partial charge < -0.3 is 34.5 Å². The van der Waals surface area contributed by atoms with Crippen molar-refractivity contribution in [3.8, 4) is 11.3 Å². The van der Waals surface area contributed by atoms with E-state index in [0.717, 1.165) is 16.8 Å². The number of amides is 1. The van der Waals surface area contributed by atoms with E-state index < -0.39 is 66.1 Å². The number of benzene rings is 2. The average molecular weight is 560 g/mol. The van der Waals surface area contributed by atoms with E-state index in [2.05, 4.69) is 15.6 Å². The number of rotatable bonds is 5. The highest BCUT2D eigenvalue weighted by Crippen LogP contribution is 2.43. The number of aliphatic hydroxyl groups is 3. The van der Waals surface area contributed by atoms with Crippen LogP contribution in [-0.2, 0) is 9.47 Å². The lowest BCUT2D eigenvalue weighted by Gasteiger charge is -2.49. The molecule has 0 unspecified atom stereocenters. The summed E-state index contributed by atoms with van der Waals surface area (Å²) in [6.45, 7) is -0.629. The van der Waals surface area contributed by atoms with Gasteiger partial charge in [-0.15, -0.1) is 5.10 Å². The third-order valence-corrected chi connectivity index (χ3v) is 7.25. The molecule has 0 bridgehead atoms. The van der Waals surface area contributed by atoms with E-state index in [9.17, 15) is 33.3 Å². The van der Waals surface area contributed by atoms with Gasteiger partial charge in [-0.1, -0.05) is 23.4 Å². The molecule has 0 aliphatic carbocycles. The molecule has 210 valence electrons. The molecule has 0 saturated carbocycles. The molecular weight excluding hydrogens is 537 g/mol. The van der Waals surface area contributed by atoms with Crippen molar-refractivity contribution in [2.45, 2.75) is 42.6 Å². The number of furan rings is 1. The van der Waals surface area contributed by atoms with E-state index in [-0.39, 0.29) is 30.0 Å². The number of aliphatic hydroxyl groups excluding tert-OH is 3. The van der Waals surface area contributed by atoms with E-state index >= 15 is 0 Å². The van der Waals surface area contributed by atoms with Crippen LogP contribution in [0.5, 0.6) is 0 Å². The molecule has 2 aliphatic heterocycles. The molecular formula is C26H23F3N4O7. The Morgan fingerprint density at radius 3 is 2.62 bits per heavy atom. The third-order valence-electron chi connectivity index (χ3n) is 7.25. The first-order chi connectivity index (χ1) is 19.2. The summed E-state index contributed by atoms with van der Waals surface area (Å²) < 4.78 is 59.4. The maximum atomic E-state index is 13.8. The van der Waals surface area contributed by atoms with Crippen LogP contribution in [0, 0.1) is 17.5 Å².